The van der Waals surface area contributed by atoms with Crippen molar-refractivity contribution in [2.24, 2.45) is 17.6 Å². The van der Waals surface area contributed by atoms with E-state index < -0.39 is 0 Å². The molecule has 0 spiro atoms. The van der Waals surface area contributed by atoms with Crippen molar-refractivity contribution in [3.63, 3.8) is 0 Å². The zero-order valence-corrected chi connectivity index (χ0v) is 11.3. The first-order valence-corrected chi connectivity index (χ1v) is 6.92. The Balaban J connectivity index is 2.16. The lowest BCUT2D eigenvalue weighted by Crippen LogP contribution is -2.24. The summed E-state index contributed by atoms with van der Waals surface area (Å²) in [5, 5.41) is 0. The first-order chi connectivity index (χ1) is 8.08. The molecule has 17 heavy (non-hydrogen) atoms. The smallest absolute Gasteiger partial charge is 0.00705 e. The number of rotatable bonds is 3. The predicted octanol–water partition coefficient (Wildman–Crippen LogP) is 3.73. The minimum absolute atomic E-state index is 0.397. The lowest BCUT2D eigenvalue weighted by atomic mass is 9.87. The summed E-state index contributed by atoms with van der Waals surface area (Å²) in [6.45, 7) is 6.86. The normalized spacial score (nSPS) is 28.9. The highest BCUT2D eigenvalue weighted by atomic mass is 14.7. The Labute approximate surface area is 105 Å². The van der Waals surface area contributed by atoms with Gasteiger partial charge in [-0.1, -0.05) is 45.0 Å². The first-order valence-electron chi connectivity index (χ1n) is 6.92. The molecule has 1 aliphatic rings. The lowest BCUT2D eigenvalue weighted by Gasteiger charge is -2.19. The molecule has 0 amide bonds. The Hall–Kier alpha value is -0.820. The molecule has 2 rings (SSSR count). The summed E-state index contributed by atoms with van der Waals surface area (Å²) in [6, 6.07) is 9.54. The third-order valence-corrected chi connectivity index (χ3v) is 4.14. The van der Waals surface area contributed by atoms with Crippen LogP contribution in [0.5, 0.6) is 0 Å². The Morgan fingerprint density at radius 2 is 2.06 bits per heavy atom. The van der Waals surface area contributed by atoms with Crippen LogP contribution >= 0.6 is 0 Å². The van der Waals surface area contributed by atoms with E-state index in [9.17, 15) is 0 Å². The standard InChI is InChI=1S/C16H25N/c1-11(2)9-13-5-4-6-14(10-13)15-7-8-16(17)12(15)3/h4-6,10-12,15-16H,7-9,17H2,1-3H3. The fraction of sp³-hybridized carbons (Fsp3) is 0.625. The minimum atomic E-state index is 0.397. The maximum absolute atomic E-state index is 6.12. The van der Waals surface area contributed by atoms with E-state index in [1.54, 1.807) is 0 Å². The van der Waals surface area contributed by atoms with Crippen LogP contribution in [-0.4, -0.2) is 6.04 Å². The molecule has 2 N–H and O–H groups in total. The molecule has 94 valence electrons. The van der Waals surface area contributed by atoms with Gasteiger partial charge < -0.3 is 5.73 Å². The van der Waals surface area contributed by atoms with Gasteiger partial charge in [0.25, 0.3) is 0 Å². The molecule has 1 nitrogen and oxygen atoms in total. The van der Waals surface area contributed by atoms with Crippen LogP contribution in [0, 0.1) is 11.8 Å². The lowest BCUT2D eigenvalue weighted by molar-refractivity contribution is 0.479. The summed E-state index contributed by atoms with van der Waals surface area (Å²) in [5.74, 6) is 2.04. The molecule has 3 atom stereocenters. The minimum Gasteiger partial charge on any atom is -0.327 e. The van der Waals surface area contributed by atoms with Crippen molar-refractivity contribution < 1.29 is 0 Å². The molecule has 1 aromatic rings. The number of nitrogens with two attached hydrogens (primary N) is 1. The summed E-state index contributed by atoms with van der Waals surface area (Å²) in [7, 11) is 0. The van der Waals surface area contributed by atoms with E-state index in [1.807, 2.05) is 0 Å². The fourth-order valence-electron chi connectivity index (χ4n) is 3.09. The van der Waals surface area contributed by atoms with Crippen molar-refractivity contribution in [1.29, 1.82) is 0 Å². The number of benzene rings is 1. The number of hydrogen-bond acceptors (Lipinski definition) is 1. The molecule has 0 saturated heterocycles. The van der Waals surface area contributed by atoms with Crippen LogP contribution in [0.1, 0.15) is 50.7 Å². The topological polar surface area (TPSA) is 26.0 Å². The van der Waals surface area contributed by atoms with E-state index in [4.69, 9.17) is 5.73 Å². The van der Waals surface area contributed by atoms with Crippen LogP contribution in [0.25, 0.3) is 0 Å². The molecule has 3 unspecified atom stereocenters. The van der Waals surface area contributed by atoms with Crippen LogP contribution in [0.4, 0.5) is 0 Å². The SMILES string of the molecule is CC(C)Cc1cccc(C2CCC(N)C2C)c1. The largest absolute Gasteiger partial charge is 0.327 e. The van der Waals surface area contributed by atoms with Crippen LogP contribution in [0.2, 0.25) is 0 Å². The zero-order chi connectivity index (χ0) is 12.4. The molecule has 1 aliphatic carbocycles. The molecule has 0 radical (unpaired) electrons. The highest BCUT2D eigenvalue weighted by Crippen LogP contribution is 2.38. The quantitative estimate of drug-likeness (QED) is 0.843. The second-order valence-corrected chi connectivity index (χ2v) is 6.05. The summed E-state index contributed by atoms with van der Waals surface area (Å²) < 4.78 is 0. The molecule has 1 saturated carbocycles. The van der Waals surface area contributed by atoms with Crippen molar-refractivity contribution in [2.75, 3.05) is 0 Å². The van der Waals surface area contributed by atoms with Gasteiger partial charge in [0.1, 0.15) is 0 Å². The van der Waals surface area contributed by atoms with Gasteiger partial charge in [0, 0.05) is 6.04 Å². The molecule has 0 bridgehead atoms. The first kappa shape index (κ1) is 12.6. The molecule has 1 fully saturated rings. The van der Waals surface area contributed by atoms with Crippen molar-refractivity contribution in [2.45, 2.75) is 52.0 Å². The van der Waals surface area contributed by atoms with E-state index in [-0.39, 0.29) is 0 Å². The van der Waals surface area contributed by atoms with Gasteiger partial charge in [0.15, 0.2) is 0 Å². The third kappa shape index (κ3) is 2.90. The van der Waals surface area contributed by atoms with Gasteiger partial charge in [-0.05, 0) is 48.1 Å². The van der Waals surface area contributed by atoms with Crippen LogP contribution in [0.3, 0.4) is 0 Å². The summed E-state index contributed by atoms with van der Waals surface area (Å²) in [4.78, 5) is 0. The van der Waals surface area contributed by atoms with Gasteiger partial charge in [-0.2, -0.15) is 0 Å². The Morgan fingerprint density at radius 3 is 2.65 bits per heavy atom. The highest BCUT2D eigenvalue weighted by Gasteiger charge is 2.31. The molecule has 0 heterocycles. The summed E-state index contributed by atoms with van der Waals surface area (Å²) in [5.41, 5.74) is 9.11. The molecule has 1 heteroatoms. The van der Waals surface area contributed by atoms with Crippen molar-refractivity contribution in [3.05, 3.63) is 35.4 Å². The highest BCUT2D eigenvalue weighted by molar-refractivity contribution is 5.28. The number of hydrogen-bond donors (Lipinski definition) is 1. The van der Waals surface area contributed by atoms with Gasteiger partial charge in [0.05, 0.1) is 0 Å². The maximum atomic E-state index is 6.12. The van der Waals surface area contributed by atoms with Gasteiger partial charge in [-0.3, -0.25) is 0 Å². The molecular formula is C16H25N. The molecular weight excluding hydrogens is 206 g/mol. The van der Waals surface area contributed by atoms with E-state index in [0.717, 1.165) is 5.92 Å². The summed E-state index contributed by atoms with van der Waals surface area (Å²) >= 11 is 0. The van der Waals surface area contributed by atoms with E-state index in [2.05, 4.69) is 45.0 Å². The van der Waals surface area contributed by atoms with Crippen LogP contribution in [0.15, 0.2) is 24.3 Å². The van der Waals surface area contributed by atoms with E-state index >= 15 is 0 Å². The Bertz CT molecular complexity index is 370. The van der Waals surface area contributed by atoms with Gasteiger partial charge in [-0.15, -0.1) is 0 Å². The van der Waals surface area contributed by atoms with Gasteiger partial charge in [-0.25, -0.2) is 0 Å². The van der Waals surface area contributed by atoms with Crippen molar-refractivity contribution in [3.8, 4) is 0 Å². The van der Waals surface area contributed by atoms with Crippen LogP contribution in [-0.2, 0) is 6.42 Å². The molecule has 1 aromatic carbocycles. The van der Waals surface area contributed by atoms with Crippen molar-refractivity contribution in [1.82, 2.24) is 0 Å². The van der Waals surface area contributed by atoms with E-state index in [0.29, 0.717) is 17.9 Å². The monoisotopic (exact) mass is 231 g/mol. The molecule has 0 aliphatic heterocycles. The van der Waals surface area contributed by atoms with E-state index in [1.165, 1.54) is 30.4 Å². The summed E-state index contributed by atoms with van der Waals surface area (Å²) in [6.07, 6.45) is 3.62. The van der Waals surface area contributed by atoms with Gasteiger partial charge >= 0.3 is 0 Å². The Kier molecular flexibility index (Phi) is 3.88. The molecule has 0 aromatic heterocycles. The van der Waals surface area contributed by atoms with Crippen LogP contribution < -0.4 is 5.73 Å². The Morgan fingerprint density at radius 1 is 1.29 bits per heavy atom. The fourth-order valence-corrected chi connectivity index (χ4v) is 3.09. The maximum Gasteiger partial charge on any atom is 0.00705 e. The zero-order valence-electron chi connectivity index (χ0n) is 11.3. The average molecular weight is 231 g/mol. The second kappa shape index (κ2) is 5.22. The second-order valence-electron chi connectivity index (χ2n) is 6.05. The average Bonchev–Trinajstić information content (AvgIpc) is 2.59. The predicted molar refractivity (Wildman–Crippen MR) is 74.1 cm³/mol. The third-order valence-electron chi connectivity index (χ3n) is 4.14. The van der Waals surface area contributed by atoms with Gasteiger partial charge in [0.2, 0.25) is 0 Å². The van der Waals surface area contributed by atoms with Crippen molar-refractivity contribution >= 4 is 0 Å².